The van der Waals surface area contributed by atoms with Gasteiger partial charge in [-0.1, -0.05) is 0 Å². The molecule has 4 rings (SSSR count). The number of aromatic nitrogens is 5. The van der Waals surface area contributed by atoms with Crippen LogP contribution in [-0.2, 0) is 27.3 Å². The van der Waals surface area contributed by atoms with E-state index in [4.69, 9.17) is 14.2 Å². The van der Waals surface area contributed by atoms with Crippen molar-refractivity contribution in [1.29, 1.82) is 0 Å². The Bertz CT molecular complexity index is 1870. The van der Waals surface area contributed by atoms with E-state index in [2.05, 4.69) is 20.4 Å². The fourth-order valence-electron chi connectivity index (χ4n) is 4.10. The zero-order valence-corrected chi connectivity index (χ0v) is 24.9. The Morgan fingerprint density at radius 1 is 1.05 bits per heavy atom. The number of hydrogen-bond acceptors (Lipinski definition) is 11. The molecule has 0 fully saturated rings. The maximum absolute atomic E-state index is 13.6. The quantitative estimate of drug-likeness (QED) is 0.255. The molecule has 0 saturated carbocycles. The lowest BCUT2D eigenvalue weighted by Gasteiger charge is -2.16. The van der Waals surface area contributed by atoms with Gasteiger partial charge in [0.25, 0.3) is 5.56 Å². The molecule has 0 amide bonds. The van der Waals surface area contributed by atoms with Crippen molar-refractivity contribution in [2.24, 2.45) is 0 Å². The Morgan fingerprint density at radius 3 is 2.25 bits per heavy atom. The largest absolute Gasteiger partial charge is 0.497 e. The molecule has 0 saturated heterocycles. The summed E-state index contributed by atoms with van der Waals surface area (Å²) in [6.45, 7) is 1.07. The predicted octanol–water partition coefficient (Wildman–Crippen LogP) is 3.41. The van der Waals surface area contributed by atoms with Crippen molar-refractivity contribution in [1.82, 2.24) is 24.3 Å². The van der Waals surface area contributed by atoms with Crippen LogP contribution in [0.5, 0.6) is 11.5 Å². The van der Waals surface area contributed by atoms with E-state index in [9.17, 15) is 31.2 Å². The van der Waals surface area contributed by atoms with Gasteiger partial charge in [0, 0.05) is 65.9 Å². The number of methoxy groups -OCH3 is 3. The summed E-state index contributed by atoms with van der Waals surface area (Å²) in [5, 5.41) is 6.67. The van der Waals surface area contributed by atoms with Crippen molar-refractivity contribution in [2.75, 3.05) is 38.7 Å². The molecule has 0 bridgehead atoms. The minimum absolute atomic E-state index is 0.0545. The molecule has 234 valence electrons. The van der Waals surface area contributed by atoms with Gasteiger partial charge in [0.15, 0.2) is 11.5 Å². The van der Waals surface area contributed by atoms with E-state index in [0.717, 1.165) is 34.7 Å². The van der Waals surface area contributed by atoms with Crippen LogP contribution in [0.3, 0.4) is 0 Å². The number of nitrogens with one attached hydrogen (secondary N) is 1. The molecule has 3 heterocycles. The van der Waals surface area contributed by atoms with Crippen LogP contribution in [0.1, 0.15) is 21.7 Å². The number of esters is 1. The second kappa shape index (κ2) is 12.4. The summed E-state index contributed by atoms with van der Waals surface area (Å²) in [6.07, 6.45) is -1.26. The van der Waals surface area contributed by atoms with Crippen molar-refractivity contribution >= 4 is 27.4 Å². The van der Waals surface area contributed by atoms with Crippen LogP contribution in [-0.4, -0.2) is 72.0 Å². The summed E-state index contributed by atoms with van der Waals surface area (Å²) < 4.78 is 81.7. The number of benzene rings is 1. The van der Waals surface area contributed by atoms with Crippen LogP contribution in [0.25, 0.3) is 16.9 Å². The number of pyridine rings is 1. The number of anilines is 2. The van der Waals surface area contributed by atoms with Crippen molar-refractivity contribution < 1.29 is 40.6 Å². The first-order valence-electron chi connectivity index (χ1n) is 12.7. The molecule has 0 unspecified atom stereocenters. The molecule has 13 nitrogen and oxygen atoms in total. The highest BCUT2D eigenvalue weighted by Gasteiger charge is 2.35. The number of carbonyl (C=O) groups is 1. The second-order valence-corrected chi connectivity index (χ2v) is 11.8. The Labute approximate surface area is 249 Å². The zero-order valence-electron chi connectivity index (χ0n) is 24.1. The fraction of sp³-hybridized carbons (Fsp3) is 0.296. The molecule has 0 aliphatic heterocycles. The molecule has 1 aromatic carbocycles. The van der Waals surface area contributed by atoms with E-state index in [1.54, 1.807) is 18.2 Å². The molecule has 3 aromatic heterocycles. The molecule has 0 aliphatic rings. The number of hydrogen-bond donors (Lipinski definition) is 1. The van der Waals surface area contributed by atoms with E-state index in [0.29, 0.717) is 17.2 Å². The Morgan fingerprint density at radius 2 is 1.70 bits per heavy atom. The highest BCUT2D eigenvalue weighted by atomic mass is 32.2. The SMILES string of the molecule is COC(=O)c1cc(-c2cnc(Nc3cc(OC)cc(OC)c3)nc2-n2nc(C(F)(F)F)cc2C)cn(CCS(C)(=O)=O)c1=O. The first-order chi connectivity index (χ1) is 20.6. The number of nitrogens with zero attached hydrogens (tertiary/aromatic N) is 5. The number of carbonyl (C=O) groups excluding carboxylic acids is 1. The van der Waals surface area contributed by atoms with Crippen molar-refractivity contribution in [2.45, 2.75) is 19.6 Å². The maximum atomic E-state index is 13.6. The lowest BCUT2D eigenvalue weighted by molar-refractivity contribution is -0.141. The third-order valence-corrected chi connectivity index (χ3v) is 7.18. The van der Waals surface area contributed by atoms with Gasteiger partial charge in [-0.25, -0.2) is 22.9 Å². The summed E-state index contributed by atoms with van der Waals surface area (Å²) in [4.78, 5) is 34.3. The van der Waals surface area contributed by atoms with Gasteiger partial charge in [0.1, 0.15) is 26.9 Å². The second-order valence-electron chi connectivity index (χ2n) is 9.50. The number of ether oxygens (including phenoxy) is 3. The minimum Gasteiger partial charge on any atom is -0.497 e. The predicted molar refractivity (Wildman–Crippen MR) is 152 cm³/mol. The van der Waals surface area contributed by atoms with Gasteiger partial charge in [-0.3, -0.25) is 4.79 Å². The van der Waals surface area contributed by atoms with E-state index in [1.807, 2.05) is 0 Å². The molecule has 0 aliphatic carbocycles. The number of rotatable bonds is 10. The van der Waals surface area contributed by atoms with Gasteiger partial charge in [-0.05, 0) is 19.1 Å². The van der Waals surface area contributed by atoms with E-state index < -0.39 is 44.6 Å². The van der Waals surface area contributed by atoms with E-state index in [1.165, 1.54) is 33.5 Å². The average molecular weight is 637 g/mol. The van der Waals surface area contributed by atoms with Crippen LogP contribution in [0.4, 0.5) is 24.8 Å². The van der Waals surface area contributed by atoms with Gasteiger partial charge >= 0.3 is 12.1 Å². The summed E-state index contributed by atoms with van der Waals surface area (Å²) >= 11 is 0. The number of aryl methyl sites for hydroxylation is 2. The van der Waals surface area contributed by atoms with Crippen molar-refractivity contribution in [3.63, 3.8) is 0 Å². The molecule has 4 aromatic rings. The highest BCUT2D eigenvalue weighted by Crippen LogP contribution is 2.33. The highest BCUT2D eigenvalue weighted by molar-refractivity contribution is 7.90. The van der Waals surface area contributed by atoms with Crippen LogP contribution in [0.15, 0.2) is 47.5 Å². The Hall–Kier alpha value is -4.93. The Balaban J connectivity index is 1.95. The third-order valence-electron chi connectivity index (χ3n) is 6.26. The van der Waals surface area contributed by atoms with Gasteiger partial charge in [-0.15, -0.1) is 0 Å². The monoisotopic (exact) mass is 636 g/mol. The smallest absolute Gasteiger partial charge is 0.435 e. The normalized spacial score (nSPS) is 11.7. The van der Waals surface area contributed by atoms with E-state index >= 15 is 0 Å². The summed E-state index contributed by atoms with van der Waals surface area (Å²) in [5.41, 5.74) is -1.79. The third kappa shape index (κ3) is 7.16. The van der Waals surface area contributed by atoms with Crippen molar-refractivity contribution in [3.05, 3.63) is 70.0 Å². The number of sulfone groups is 1. The summed E-state index contributed by atoms with van der Waals surface area (Å²) in [7, 11) is 0.457. The van der Waals surface area contributed by atoms with Crippen LogP contribution < -0.4 is 20.3 Å². The molecule has 0 atom stereocenters. The topological polar surface area (TPSA) is 157 Å². The Kier molecular flexibility index (Phi) is 8.98. The lowest BCUT2D eigenvalue weighted by Crippen LogP contribution is -2.29. The van der Waals surface area contributed by atoms with Crippen molar-refractivity contribution in [3.8, 4) is 28.4 Å². The van der Waals surface area contributed by atoms with Gasteiger partial charge in [0.2, 0.25) is 5.95 Å². The lowest BCUT2D eigenvalue weighted by atomic mass is 10.1. The first kappa shape index (κ1) is 32.0. The molecule has 0 spiro atoms. The molecule has 44 heavy (non-hydrogen) atoms. The molecule has 0 radical (unpaired) electrons. The minimum atomic E-state index is -4.77. The molecular weight excluding hydrogens is 609 g/mol. The van der Waals surface area contributed by atoms with Gasteiger partial charge in [-0.2, -0.15) is 23.3 Å². The van der Waals surface area contributed by atoms with Crippen LogP contribution in [0.2, 0.25) is 0 Å². The number of alkyl halides is 3. The maximum Gasteiger partial charge on any atom is 0.435 e. The van der Waals surface area contributed by atoms with Gasteiger partial charge in [0.05, 0.1) is 27.1 Å². The van der Waals surface area contributed by atoms with Crippen LogP contribution >= 0.6 is 0 Å². The average Bonchev–Trinajstić information content (AvgIpc) is 3.37. The van der Waals surface area contributed by atoms with E-state index in [-0.39, 0.29) is 35.1 Å². The standard InChI is InChI=1S/C27H27F3N6O7S/c1-15-8-22(27(28,29)30)34-36(15)23-21(13-31-26(33-23)32-17-10-18(41-2)12-19(11-17)42-3)16-9-20(25(38)43-4)24(37)35(14-16)6-7-44(5,39)40/h8-14H,6-7H2,1-5H3,(H,31,32,33). The molecular formula is C27H27F3N6O7S. The molecule has 1 N–H and O–H groups in total. The summed E-state index contributed by atoms with van der Waals surface area (Å²) in [6, 6.07) is 6.85. The number of halogens is 3. The fourth-order valence-corrected chi connectivity index (χ4v) is 4.63. The first-order valence-corrected chi connectivity index (χ1v) is 14.7. The summed E-state index contributed by atoms with van der Waals surface area (Å²) in [5.74, 6) is -0.760. The zero-order chi connectivity index (χ0) is 32.4. The molecule has 17 heteroatoms. The van der Waals surface area contributed by atoms with Crippen LogP contribution in [0, 0.1) is 6.92 Å². The van der Waals surface area contributed by atoms with Gasteiger partial charge < -0.3 is 24.1 Å².